The minimum Gasteiger partial charge on any atom is -0.370 e. The number of nitrogens with one attached hydrogen (secondary N) is 1. The number of halogens is 1. The lowest BCUT2D eigenvalue weighted by Crippen LogP contribution is -2.32. The highest BCUT2D eigenvalue weighted by Crippen LogP contribution is 2.23. The molecular weight excluding hydrogens is 264 g/mol. The Morgan fingerprint density at radius 3 is 3.12 bits per heavy atom. The van der Waals surface area contributed by atoms with Crippen molar-refractivity contribution < 1.29 is 0 Å². The normalized spacial score (nSPS) is 20.4. The minimum atomic E-state index is 0.666. The minimum absolute atomic E-state index is 0.666. The molecule has 1 saturated heterocycles. The van der Waals surface area contributed by atoms with Crippen molar-refractivity contribution in [3.8, 4) is 0 Å². The molecule has 1 heterocycles. The number of benzene rings is 1. The molecular formula is C13H19BrN2. The number of hydrogen-bond acceptors (Lipinski definition) is 2. The average Bonchev–Trinajstić information content (AvgIpc) is 2.75. The third-order valence-corrected chi connectivity index (χ3v) is 3.54. The lowest BCUT2D eigenvalue weighted by Gasteiger charge is -2.19. The van der Waals surface area contributed by atoms with E-state index in [1.807, 2.05) is 0 Å². The van der Waals surface area contributed by atoms with Gasteiger partial charge >= 0.3 is 0 Å². The van der Waals surface area contributed by atoms with E-state index in [4.69, 9.17) is 0 Å². The highest BCUT2D eigenvalue weighted by atomic mass is 79.9. The summed E-state index contributed by atoms with van der Waals surface area (Å²) >= 11 is 3.52. The number of nitrogens with zero attached hydrogens (tertiary/aromatic N) is 1. The van der Waals surface area contributed by atoms with Crippen molar-refractivity contribution >= 4 is 21.6 Å². The SMILES string of the molecule is CCCNC1CCN(c2cccc(Br)c2)C1. The molecule has 1 unspecified atom stereocenters. The third-order valence-electron chi connectivity index (χ3n) is 3.04. The molecule has 1 aromatic rings. The van der Waals surface area contributed by atoms with E-state index < -0.39 is 0 Å². The van der Waals surface area contributed by atoms with E-state index in [-0.39, 0.29) is 0 Å². The Kier molecular flexibility index (Phi) is 4.24. The number of anilines is 1. The fourth-order valence-electron chi connectivity index (χ4n) is 2.18. The van der Waals surface area contributed by atoms with Crippen LogP contribution in [0.15, 0.2) is 28.7 Å². The molecule has 0 amide bonds. The predicted molar refractivity (Wildman–Crippen MR) is 73.1 cm³/mol. The summed E-state index contributed by atoms with van der Waals surface area (Å²) in [5, 5.41) is 3.59. The van der Waals surface area contributed by atoms with Crippen molar-refractivity contribution in [2.24, 2.45) is 0 Å². The molecule has 1 N–H and O–H groups in total. The topological polar surface area (TPSA) is 15.3 Å². The van der Waals surface area contributed by atoms with Crippen LogP contribution in [0.1, 0.15) is 19.8 Å². The van der Waals surface area contributed by atoms with Gasteiger partial charge in [0.25, 0.3) is 0 Å². The van der Waals surface area contributed by atoms with Crippen molar-refractivity contribution in [3.63, 3.8) is 0 Å². The Morgan fingerprint density at radius 1 is 1.50 bits per heavy atom. The Hall–Kier alpha value is -0.540. The largest absolute Gasteiger partial charge is 0.370 e. The van der Waals surface area contributed by atoms with Gasteiger partial charge in [-0.2, -0.15) is 0 Å². The van der Waals surface area contributed by atoms with Crippen molar-refractivity contribution in [2.75, 3.05) is 24.5 Å². The molecule has 0 bridgehead atoms. The van der Waals surface area contributed by atoms with Crippen LogP contribution >= 0.6 is 15.9 Å². The van der Waals surface area contributed by atoms with Gasteiger partial charge in [0.1, 0.15) is 0 Å². The van der Waals surface area contributed by atoms with E-state index in [0.29, 0.717) is 6.04 Å². The smallest absolute Gasteiger partial charge is 0.0378 e. The number of hydrogen-bond donors (Lipinski definition) is 1. The molecule has 1 aromatic carbocycles. The second-order valence-corrected chi connectivity index (χ2v) is 5.28. The van der Waals surface area contributed by atoms with Gasteiger partial charge in [-0.25, -0.2) is 0 Å². The summed E-state index contributed by atoms with van der Waals surface area (Å²) in [6.07, 6.45) is 2.47. The van der Waals surface area contributed by atoms with E-state index >= 15 is 0 Å². The maximum Gasteiger partial charge on any atom is 0.0378 e. The van der Waals surface area contributed by atoms with Crippen LogP contribution in [-0.4, -0.2) is 25.7 Å². The Labute approximate surface area is 106 Å². The molecule has 1 fully saturated rings. The monoisotopic (exact) mass is 282 g/mol. The summed E-state index contributed by atoms with van der Waals surface area (Å²) in [6.45, 7) is 5.65. The molecule has 16 heavy (non-hydrogen) atoms. The summed E-state index contributed by atoms with van der Waals surface area (Å²) in [7, 11) is 0. The van der Waals surface area contributed by atoms with Crippen LogP contribution in [0.3, 0.4) is 0 Å². The zero-order chi connectivity index (χ0) is 11.4. The maximum atomic E-state index is 3.59. The van der Waals surface area contributed by atoms with E-state index in [1.165, 1.54) is 18.5 Å². The predicted octanol–water partition coefficient (Wildman–Crippen LogP) is 3.03. The fraction of sp³-hybridized carbons (Fsp3) is 0.538. The van der Waals surface area contributed by atoms with Crippen molar-refractivity contribution in [2.45, 2.75) is 25.8 Å². The van der Waals surface area contributed by atoms with Gasteiger partial charge in [0.15, 0.2) is 0 Å². The van der Waals surface area contributed by atoms with Gasteiger partial charge in [-0.1, -0.05) is 28.9 Å². The van der Waals surface area contributed by atoms with E-state index in [9.17, 15) is 0 Å². The van der Waals surface area contributed by atoms with E-state index in [1.54, 1.807) is 0 Å². The third kappa shape index (κ3) is 2.98. The van der Waals surface area contributed by atoms with Crippen LogP contribution in [0.25, 0.3) is 0 Å². The first-order valence-corrected chi connectivity index (χ1v) is 6.83. The van der Waals surface area contributed by atoms with Gasteiger partial charge in [0.05, 0.1) is 0 Å². The molecule has 2 rings (SSSR count). The van der Waals surface area contributed by atoms with Gasteiger partial charge in [-0.05, 0) is 37.6 Å². The molecule has 0 radical (unpaired) electrons. The highest BCUT2D eigenvalue weighted by molar-refractivity contribution is 9.10. The van der Waals surface area contributed by atoms with Crippen LogP contribution < -0.4 is 10.2 Å². The Morgan fingerprint density at radius 2 is 2.38 bits per heavy atom. The Bertz CT molecular complexity index is 340. The van der Waals surface area contributed by atoms with Crippen LogP contribution in [0.4, 0.5) is 5.69 Å². The molecule has 1 aliphatic heterocycles. The van der Waals surface area contributed by atoms with Crippen LogP contribution in [0.2, 0.25) is 0 Å². The van der Waals surface area contributed by atoms with Crippen molar-refractivity contribution in [1.29, 1.82) is 0 Å². The standard InChI is InChI=1S/C13H19BrN2/c1-2-7-15-12-6-8-16(10-12)13-5-3-4-11(14)9-13/h3-5,9,12,15H,2,6-8,10H2,1H3. The number of rotatable bonds is 4. The summed E-state index contributed by atoms with van der Waals surface area (Å²) in [5.74, 6) is 0. The summed E-state index contributed by atoms with van der Waals surface area (Å²) < 4.78 is 1.16. The summed E-state index contributed by atoms with van der Waals surface area (Å²) in [4.78, 5) is 2.46. The lowest BCUT2D eigenvalue weighted by molar-refractivity contribution is 0.549. The molecule has 1 atom stereocenters. The molecule has 0 saturated carbocycles. The lowest BCUT2D eigenvalue weighted by atomic mass is 10.2. The molecule has 0 spiro atoms. The quantitative estimate of drug-likeness (QED) is 0.913. The molecule has 88 valence electrons. The summed E-state index contributed by atoms with van der Waals surface area (Å²) in [6, 6.07) is 9.23. The van der Waals surface area contributed by atoms with Crippen LogP contribution in [0.5, 0.6) is 0 Å². The molecule has 0 aromatic heterocycles. The fourth-order valence-corrected chi connectivity index (χ4v) is 2.57. The molecule has 0 aliphatic carbocycles. The maximum absolute atomic E-state index is 3.59. The molecule has 2 nitrogen and oxygen atoms in total. The second-order valence-electron chi connectivity index (χ2n) is 4.37. The first-order valence-electron chi connectivity index (χ1n) is 6.03. The van der Waals surface area contributed by atoms with Gasteiger partial charge in [-0.15, -0.1) is 0 Å². The van der Waals surface area contributed by atoms with Crippen molar-refractivity contribution in [1.82, 2.24) is 5.32 Å². The molecule has 1 aliphatic rings. The van der Waals surface area contributed by atoms with E-state index in [2.05, 4.69) is 57.3 Å². The average molecular weight is 283 g/mol. The first kappa shape index (κ1) is 11.9. The first-order chi connectivity index (χ1) is 7.79. The second kappa shape index (κ2) is 5.69. The van der Waals surface area contributed by atoms with Gasteiger partial charge in [0.2, 0.25) is 0 Å². The Balaban J connectivity index is 1.93. The van der Waals surface area contributed by atoms with Crippen molar-refractivity contribution in [3.05, 3.63) is 28.7 Å². The zero-order valence-corrected chi connectivity index (χ0v) is 11.3. The van der Waals surface area contributed by atoms with Gasteiger partial charge < -0.3 is 10.2 Å². The highest BCUT2D eigenvalue weighted by Gasteiger charge is 2.21. The van der Waals surface area contributed by atoms with Crippen LogP contribution in [0, 0.1) is 0 Å². The van der Waals surface area contributed by atoms with Crippen LogP contribution in [-0.2, 0) is 0 Å². The van der Waals surface area contributed by atoms with Gasteiger partial charge in [0, 0.05) is 29.3 Å². The summed E-state index contributed by atoms with van der Waals surface area (Å²) in [5.41, 5.74) is 1.33. The zero-order valence-electron chi connectivity index (χ0n) is 9.75. The van der Waals surface area contributed by atoms with E-state index in [0.717, 1.165) is 24.1 Å². The van der Waals surface area contributed by atoms with Gasteiger partial charge in [-0.3, -0.25) is 0 Å². The molecule has 3 heteroatoms.